The molecule has 1 aliphatic heterocycles. The van der Waals surface area contributed by atoms with Crippen molar-refractivity contribution in [3.63, 3.8) is 0 Å². The van der Waals surface area contributed by atoms with Gasteiger partial charge >= 0.3 is 0 Å². The SMILES string of the molecule is COc1ccc(C2CC(O)c3cc(Br)ccc3O2)cc1. The van der Waals surface area contributed by atoms with Crippen LogP contribution < -0.4 is 9.47 Å². The molecule has 1 aliphatic rings. The Balaban J connectivity index is 1.88. The lowest BCUT2D eigenvalue weighted by atomic mass is 9.95. The predicted octanol–water partition coefficient (Wildman–Crippen LogP) is 4.01. The van der Waals surface area contributed by atoms with Crippen LogP contribution in [-0.4, -0.2) is 12.2 Å². The summed E-state index contributed by atoms with van der Waals surface area (Å²) < 4.78 is 12.1. The molecule has 4 heteroatoms. The first-order valence-electron chi connectivity index (χ1n) is 6.45. The molecule has 0 fully saturated rings. The van der Waals surface area contributed by atoms with E-state index in [9.17, 15) is 5.11 Å². The Hall–Kier alpha value is -1.52. The van der Waals surface area contributed by atoms with E-state index in [0.29, 0.717) is 6.42 Å². The fourth-order valence-electron chi connectivity index (χ4n) is 2.44. The molecule has 0 saturated heterocycles. The molecule has 0 radical (unpaired) electrons. The number of hydrogen-bond donors (Lipinski definition) is 1. The molecular weight excluding hydrogens is 320 g/mol. The average molecular weight is 335 g/mol. The van der Waals surface area contributed by atoms with Gasteiger partial charge in [0.15, 0.2) is 0 Å². The van der Waals surface area contributed by atoms with Gasteiger partial charge in [-0.05, 0) is 35.9 Å². The van der Waals surface area contributed by atoms with Gasteiger partial charge in [0.2, 0.25) is 0 Å². The van der Waals surface area contributed by atoms with Gasteiger partial charge in [0.25, 0.3) is 0 Å². The predicted molar refractivity (Wildman–Crippen MR) is 80.1 cm³/mol. The maximum atomic E-state index is 10.3. The first kappa shape index (κ1) is 13.5. The summed E-state index contributed by atoms with van der Waals surface area (Å²) in [7, 11) is 1.64. The van der Waals surface area contributed by atoms with E-state index in [2.05, 4.69) is 15.9 Å². The van der Waals surface area contributed by atoms with Gasteiger partial charge in [0, 0.05) is 16.5 Å². The Morgan fingerprint density at radius 3 is 2.65 bits per heavy atom. The van der Waals surface area contributed by atoms with Crippen molar-refractivity contribution < 1.29 is 14.6 Å². The van der Waals surface area contributed by atoms with Gasteiger partial charge in [0.05, 0.1) is 13.2 Å². The number of ether oxygens (including phenoxy) is 2. The molecule has 0 spiro atoms. The molecule has 2 unspecified atom stereocenters. The Morgan fingerprint density at radius 1 is 1.20 bits per heavy atom. The van der Waals surface area contributed by atoms with Gasteiger partial charge < -0.3 is 14.6 Å². The van der Waals surface area contributed by atoms with Crippen LogP contribution >= 0.6 is 15.9 Å². The highest BCUT2D eigenvalue weighted by Crippen LogP contribution is 2.41. The van der Waals surface area contributed by atoms with Crippen molar-refractivity contribution in [3.05, 3.63) is 58.1 Å². The second-order valence-corrected chi connectivity index (χ2v) is 5.73. The lowest BCUT2D eigenvalue weighted by Crippen LogP contribution is -2.19. The molecule has 1 N–H and O–H groups in total. The topological polar surface area (TPSA) is 38.7 Å². The zero-order chi connectivity index (χ0) is 14.1. The van der Waals surface area contributed by atoms with Crippen LogP contribution in [0.25, 0.3) is 0 Å². The summed E-state index contributed by atoms with van der Waals surface area (Å²) in [5, 5.41) is 10.3. The maximum Gasteiger partial charge on any atom is 0.127 e. The van der Waals surface area contributed by atoms with Gasteiger partial charge in [-0.3, -0.25) is 0 Å². The molecule has 104 valence electrons. The molecular formula is C16H15BrO3. The molecule has 0 bridgehead atoms. The summed E-state index contributed by atoms with van der Waals surface area (Å²) >= 11 is 3.41. The number of rotatable bonds is 2. The van der Waals surface area contributed by atoms with Crippen LogP contribution in [0.4, 0.5) is 0 Å². The Morgan fingerprint density at radius 2 is 1.95 bits per heavy atom. The van der Waals surface area contributed by atoms with E-state index in [0.717, 1.165) is 27.1 Å². The van der Waals surface area contributed by atoms with Crippen LogP contribution in [0.15, 0.2) is 46.9 Å². The normalized spacial score (nSPS) is 20.9. The van der Waals surface area contributed by atoms with E-state index in [4.69, 9.17) is 9.47 Å². The zero-order valence-electron chi connectivity index (χ0n) is 11.0. The van der Waals surface area contributed by atoms with Crippen LogP contribution in [0.5, 0.6) is 11.5 Å². The highest BCUT2D eigenvalue weighted by Gasteiger charge is 2.28. The van der Waals surface area contributed by atoms with Crippen molar-refractivity contribution in [1.29, 1.82) is 0 Å². The Labute approximate surface area is 126 Å². The molecule has 0 aromatic heterocycles. The molecule has 2 atom stereocenters. The third-order valence-corrected chi connectivity index (χ3v) is 4.02. The first-order valence-corrected chi connectivity index (χ1v) is 7.25. The van der Waals surface area contributed by atoms with E-state index in [1.165, 1.54) is 0 Å². The fraction of sp³-hybridized carbons (Fsp3) is 0.250. The van der Waals surface area contributed by atoms with Crippen LogP contribution in [0, 0.1) is 0 Å². The van der Waals surface area contributed by atoms with Crippen LogP contribution in [0.2, 0.25) is 0 Å². The Kier molecular flexibility index (Phi) is 3.68. The van der Waals surface area contributed by atoms with Crippen molar-refractivity contribution in [1.82, 2.24) is 0 Å². The van der Waals surface area contributed by atoms with Crippen molar-refractivity contribution in [2.75, 3.05) is 7.11 Å². The van der Waals surface area contributed by atoms with Crippen LogP contribution in [-0.2, 0) is 0 Å². The zero-order valence-corrected chi connectivity index (χ0v) is 12.6. The summed E-state index contributed by atoms with van der Waals surface area (Å²) in [6.07, 6.45) is -0.0941. The number of methoxy groups -OCH3 is 1. The number of fused-ring (bicyclic) bond motifs is 1. The third kappa shape index (κ3) is 2.53. The quantitative estimate of drug-likeness (QED) is 0.901. The number of hydrogen-bond acceptors (Lipinski definition) is 3. The molecule has 20 heavy (non-hydrogen) atoms. The van der Waals surface area contributed by atoms with Crippen molar-refractivity contribution in [2.24, 2.45) is 0 Å². The minimum atomic E-state index is -0.511. The molecule has 1 heterocycles. The number of benzene rings is 2. The van der Waals surface area contributed by atoms with Gasteiger partial charge in [-0.15, -0.1) is 0 Å². The smallest absolute Gasteiger partial charge is 0.127 e. The van der Waals surface area contributed by atoms with Crippen molar-refractivity contribution in [3.8, 4) is 11.5 Å². The summed E-state index contributed by atoms with van der Waals surface area (Å²) in [4.78, 5) is 0. The van der Waals surface area contributed by atoms with Gasteiger partial charge in [0.1, 0.15) is 17.6 Å². The van der Waals surface area contributed by atoms with E-state index in [-0.39, 0.29) is 6.10 Å². The largest absolute Gasteiger partial charge is 0.497 e. The monoisotopic (exact) mass is 334 g/mol. The molecule has 0 saturated carbocycles. The number of aliphatic hydroxyl groups excluding tert-OH is 1. The third-order valence-electron chi connectivity index (χ3n) is 3.52. The van der Waals surface area contributed by atoms with E-state index < -0.39 is 6.10 Å². The van der Waals surface area contributed by atoms with Gasteiger partial charge in [-0.25, -0.2) is 0 Å². The highest BCUT2D eigenvalue weighted by molar-refractivity contribution is 9.10. The molecule has 3 rings (SSSR count). The molecule has 2 aromatic carbocycles. The van der Waals surface area contributed by atoms with Crippen molar-refractivity contribution in [2.45, 2.75) is 18.6 Å². The van der Waals surface area contributed by atoms with E-state index in [1.807, 2.05) is 42.5 Å². The second-order valence-electron chi connectivity index (χ2n) is 4.81. The number of aliphatic hydroxyl groups is 1. The summed E-state index contributed by atoms with van der Waals surface area (Å²) in [5.74, 6) is 1.56. The fourth-order valence-corrected chi connectivity index (χ4v) is 2.82. The van der Waals surface area contributed by atoms with Gasteiger partial charge in [-0.1, -0.05) is 28.1 Å². The van der Waals surface area contributed by atoms with E-state index >= 15 is 0 Å². The standard InChI is InChI=1S/C16H15BrO3/c1-19-12-5-2-10(3-6-12)16-9-14(18)13-8-11(17)4-7-15(13)20-16/h2-8,14,16,18H,9H2,1H3. The van der Waals surface area contributed by atoms with E-state index in [1.54, 1.807) is 7.11 Å². The number of halogens is 1. The summed E-state index contributed by atoms with van der Waals surface area (Å²) in [6.45, 7) is 0. The van der Waals surface area contributed by atoms with Crippen LogP contribution in [0.3, 0.4) is 0 Å². The molecule has 2 aromatic rings. The lowest BCUT2D eigenvalue weighted by molar-refractivity contribution is 0.0656. The first-order chi connectivity index (χ1) is 9.67. The maximum absolute atomic E-state index is 10.3. The minimum Gasteiger partial charge on any atom is -0.497 e. The molecule has 0 amide bonds. The summed E-state index contributed by atoms with van der Waals surface area (Å²) in [5.41, 5.74) is 1.88. The van der Waals surface area contributed by atoms with Crippen LogP contribution in [0.1, 0.15) is 29.8 Å². The average Bonchev–Trinajstić information content (AvgIpc) is 2.48. The lowest BCUT2D eigenvalue weighted by Gasteiger charge is -2.30. The Bertz CT molecular complexity index is 610. The molecule has 0 aliphatic carbocycles. The minimum absolute atomic E-state index is 0.135. The molecule has 3 nitrogen and oxygen atoms in total. The highest BCUT2D eigenvalue weighted by atomic mass is 79.9. The van der Waals surface area contributed by atoms with Gasteiger partial charge in [-0.2, -0.15) is 0 Å². The van der Waals surface area contributed by atoms with Crippen molar-refractivity contribution >= 4 is 15.9 Å². The second kappa shape index (κ2) is 5.46. The summed E-state index contributed by atoms with van der Waals surface area (Å²) in [6, 6.07) is 13.5.